The Balaban J connectivity index is 1.94. The van der Waals surface area contributed by atoms with Crippen molar-refractivity contribution in [2.24, 2.45) is 5.92 Å². The molecule has 1 N–H and O–H groups in total. The van der Waals surface area contributed by atoms with Gasteiger partial charge in [-0.25, -0.2) is 0 Å². The number of nitrogens with zero attached hydrogens (tertiary/aromatic N) is 2. The molecule has 0 amide bonds. The highest BCUT2D eigenvalue weighted by molar-refractivity contribution is 6.33. The zero-order valence-corrected chi connectivity index (χ0v) is 11.2. The summed E-state index contributed by atoms with van der Waals surface area (Å²) in [5.41, 5.74) is 0.864. The van der Waals surface area contributed by atoms with Crippen LogP contribution in [0.5, 0.6) is 0 Å². The van der Waals surface area contributed by atoms with E-state index < -0.39 is 0 Å². The van der Waals surface area contributed by atoms with Crippen LogP contribution in [0.2, 0.25) is 5.02 Å². The molecule has 0 unspecified atom stereocenters. The summed E-state index contributed by atoms with van der Waals surface area (Å²) in [6.45, 7) is 4.73. The predicted octanol–water partition coefficient (Wildman–Crippen LogP) is 3.53. The van der Waals surface area contributed by atoms with E-state index in [1.165, 1.54) is 0 Å². The molecule has 0 bridgehead atoms. The molecule has 18 heavy (non-hydrogen) atoms. The quantitative estimate of drug-likeness (QED) is 0.898. The van der Waals surface area contributed by atoms with Crippen molar-refractivity contribution in [3.63, 3.8) is 0 Å². The molecule has 2 aromatic rings. The summed E-state index contributed by atoms with van der Waals surface area (Å²) in [5, 5.41) is 7.78. The Kier molecular flexibility index (Phi) is 4.20. The predicted molar refractivity (Wildman–Crippen MR) is 71.6 cm³/mol. The van der Waals surface area contributed by atoms with Crippen LogP contribution in [-0.2, 0) is 13.0 Å². The minimum atomic E-state index is 0.481. The number of benzene rings is 1. The molecule has 0 aliphatic rings. The summed E-state index contributed by atoms with van der Waals surface area (Å²) in [5.74, 6) is 1.85. The molecule has 0 atom stereocenters. The Hall–Kier alpha value is -1.55. The van der Waals surface area contributed by atoms with Gasteiger partial charge in [0, 0.05) is 6.42 Å². The number of halogens is 1. The van der Waals surface area contributed by atoms with Crippen LogP contribution in [0.15, 0.2) is 28.8 Å². The Bertz CT molecular complexity index is 510. The average Bonchev–Trinajstić information content (AvgIpc) is 2.75. The van der Waals surface area contributed by atoms with Crippen molar-refractivity contribution < 1.29 is 4.52 Å². The summed E-state index contributed by atoms with van der Waals surface area (Å²) in [7, 11) is 0. The molecule has 96 valence electrons. The first-order chi connectivity index (χ1) is 8.65. The molecule has 1 heterocycles. The maximum absolute atomic E-state index is 6.04. The third-order valence-electron chi connectivity index (χ3n) is 2.40. The van der Waals surface area contributed by atoms with Gasteiger partial charge in [-0.2, -0.15) is 4.98 Å². The van der Waals surface area contributed by atoms with Crippen molar-refractivity contribution in [1.82, 2.24) is 10.1 Å². The number of anilines is 1. The number of hydrogen-bond donors (Lipinski definition) is 1. The fraction of sp³-hybridized carbons (Fsp3) is 0.385. The first kappa shape index (κ1) is 12.9. The normalized spacial score (nSPS) is 10.9. The highest BCUT2D eigenvalue weighted by Crippen LogP contribution is 2.20. The summed E-state index contributed by atoms with van der Waals surface area (Å²) in [6, 6.07) is 7.56. The van der Waals surface area contributed by atoms with Gasteiger partial charge in [-0.15, -0.1) is 0 Å². The first-order valence-corrected chi connectivity index (χ1v) is 6.33. The van der Waals surface area contributed by atoms with E-state index in [1.54, 1.807) is 0 Å². The highest BCUT2D eigenvalue weighted by Gasteiger charge is 2.08. The first-order valence-electron chi connectivity index (χ1n) is 5.95. The number of nitrogens with one attached hydrogen (secondary N) is 1. The van der Waals surface area contributed by atoms with Crippen LogP contribution in [0.1, 0.15) is 25.6 Å². The number of para-hydroxylation sites is 1. The van der Waals surface area contributed by atoms with Crippen molar-refractivity contribution in [3.8, 4) is 0 Å². The summed E-state index contributed by atoms with van der Waals surface area (Å²) in [4.78, 5) is 4.31. The Morgan fingerprint density at radius 3 is 2.83 bits per heavy atom. The standard InChI is InChI=1S/C13H16ClN3O/c1-9(2)7-12-16-13(18-17-12)8-15-11-6-4-3-5-10(11)14/h3-6,9,15H,7-8H2,1-2H3. The van der Waals surface area contributed by atoms with Gasteiger partial charge >= 0.3 is 0 Å². The molecule has 0 aliphatic carbocycles. The maximum atomic E-state index is 6.04. The van der Waals surface area contributed by atoms with E-state index in [2.05, 4.69) is 29.3 Å². The van der Waals surface area contributed by atoms with Crippen LogP contribution in [0.25, 0.3) is 0 Å². The van der Waals surface area contributed by atoms with Gasteiger partial charge in [-0.1, -0.05) is 42.7 Å². The van der Waals surface area contributed by atoms with Crippen LogP contribution in [0.3, 0.4) is 0 Å². The molecule has 0 aliphatic heterocycles. The average molecular weight is 266 g/mol. The van der Waals surface area contributed by atoms with Gasteiger partial charge in [0.2, 0.25) is 5.89 Å². The molecule has 0 saturated heterocycles. The molecule has 0 fully saturated rings. The lowest BCUT2D eigenvalue weighted by atomic mass is 10.1. The lowest BCUT2D eigenvalue weighted by Crippen LogP contribution is -2.01. The van der Waals surface area contributed by atoms with E-state index in [9.17, 15) is 0 Å². The highest BCUT2D eigenvalue weighted by atomic mass is 35.5. The number of rotatable bonds is 5. The van der Waals surface area contributed by atoms with Crippen LogP contribution >= 0.6 is 11.6 Å². The van der Waals surface area contributed by atoms with Gasteiger partial charge < -0.3 is 9.84 Å². The van der Waals surface area contributed by atoms with Gasteiger partial charge in [-0.3, -0.25) is 0 Å². The number of hydrogen-bond acceptors (Lipinski definition) is 4. The SMILES string of the molecule is CC(C)Cc1noc(CNc2ccccc2Cl)n1. The molecular formula is C13H16ClN3O. The molecule has 5 heteroatoms. The largest absolute Gasteiger partial charge is 0.375 e. The van der Waals surface area contributed by atoms with E-state index >= 15 is 0 Å². The molecule has 0 saturated carbocycles. The van der Waals surface area contributed by atoms with Crippen molar-refractivity contribution in [2.75, 3.05) is 5.32 Å². The third kappa shape index (κ3) is 3.47. The van der Waals surface area contributed by atoms with Crippen LogP contribution in [0.4, 0.5) is 5.69 Å². The van der Waals surface area contributed by atoms with Crippen LogP contribution in [-0.4, -0.2) is 10.1 Å². The minimum Gasteiger partial charge on any atom is -0.375 e. The second kappa shape index (κ2) is 5.87. The summed E-state index contributed by atoms with van der Waals surface area (Å²) >= 11 is 6.04. The zero-order valence-electron chi connectivity index (χ0n) is 10.5. The number of aromatic nitrogens is 2. The second-order valence-corrected chi connectivity index (χ2v) is 4.94. The van der Waals surface area contributed by atoms with Gasteiger partial charge in [-0.05, 0) is 18.1 Å². The zero-order chi connectivity index (χ0) is 13.0. The Morgan fingerprint density at radius 2 is 2.11 bits per heavy atom. The molecule has 1 aromatic carbocycles. The molecule has 2 rings (SSSR count). The van der Waals surface area contributed by atoms with E-state index in [0.717, 1.165) is 17.9 Å². The van der Waals surface area contributed by atoms with Crippen molar-refractivity contribution in [2.45, 2.75) is 26.8 Å². The van der Waals surface area contributed by atoms with Gasteiger partial charge in [0.25, 0.3) is 0 Å². The molecule has 1 aromatic heterocycles. The molecule has 0 spiro atoms. The molecule has 0 radical (unpaired) electrons. The lowest BCUT2D eigenvalue weighted by molar-refractivity contribution is 0.375. The molecular weight excluding hydrogens is 250 g/mol. The molecule has 4 nitrogen and oxygen atoms in total. The fourth-order valence-electron chi connectivity index (χ4n) is 1.59. The van der Waals surface area contributed by atoms with E-state index in [4.69, 9.17) is 16.1 Å². The topological polar surface area (TPSA) is 51.0 Å². The monoisotopic (exact) mass is 265 g/mol. The summed E-state index contributed by atoms with van der Waals surface area (Å²) < 4.78 is 5.16. The van der Waals surface area contributed by atoms with Crippen molar-refractivity contribution >= 4 is 17.3 Å². The Morgan fingerprint density at radius 1 is 1.33 bits per heavy atom. The van der Waals surface area contributed by atoms with Crippen molar-refractivity contribution in [3.05, 3.63) is 41.0 Å². The third-order valence-corrected chi connectivity index (χ3v) is 2.73. The fourth-order valence-corrected chi connectivity index (χ4v) is 1.79. The van der Waals surface area contributed by atoms with Gasteiger partial charge in [0.1, 0.15) is 0 Å². The van der Waals surface area contributed by atoms with E-state index in [0.29, 0.717) is 23.4 Å². The van der Waals surface area contributed by atoms with E-state index in [1.807, 2.05) is 24.3 Å². The lowest BCUT2D eigenvalue weighted by Gasteiger charge is -2.04. The van der Waals surface area contributed by atoms with Crippen LogP contribution in [0, 0.1) is 5.92 Å². The second-order valence-electron chi connectivity index (χ2n) is 4.54. The maximum Gasteiger partial charge on any atom is 0.245 e. The van der Waals surface area contributed by atoms with Gasteiger partial charge in [0.15, 0.2) is 5.82 Å². The van der Waals surface area contributed by atoms with Gasteiger partial charge in [0.05, 0.1) is 17.3 Å². The van der Waals surface area contributed by atoms with Crippen LogP contribution < -0.4 is 5.32 Å². The Labute approximate surface area is 111 Å². The minimum absolute atomic E-state index is 0.481. The van der Waals surface area contributed by atoms with E-state index in [-0.39, 0.29) is 0 Å². The smallest absolute Gasteiger partial charge is 0.245 e. The summed E-state index contributed by atoms with van der Waals surface area (Å²) in [6.07, 6.45) is 0.829. The van der Waals surface area contributed by atoms with Crippen molar-refractivity contribution in [1.29, 1.82) is 0 Å².